The summed E-state index contributed by atoms with van der Waals surface area (Å²) in [5.74, 6) is 0. The van der Waals surface area contributed by atoms with Gasteiger partial charge in [-0.3, -0.25) is 9.52 Å². The van der Waals surface area contributed by atoms with Gasteiger partial charge in [-0.25, -0.2) is 8.42 Å². The van der Waals surface area contributed by atoms with Gasteiger partial charge >= 0.3 is 0 Å². The van der Waals surface area contributed by atoms with Crippen molar-refractivity contribution in [3.8, 4) is 0 Å². The summed E-state index contributed by atoms with van der Waals surface area (Å²) in [5, 5.41) is 0. The van der Waals surface area contributed by atoms with Gasteiger partial charge in [-0.2, -0.15) is 0 Å². The Kier molecular flexibility index (Phi) is 4.77. The average molecular weight is 308 g/mol. The van der Waals surface area contributed by atoms with E-state index in [-0.39, 0.29) is 4.90 Å². The van der Waals surface area contributed by atoms with E-state index >= 15 is 0 Å². The minimum absolute atomic E-state index is 0.313. The summed E-state index contributed by atoms with van der Waals surface area (Å²) < 4.78 is 32.0. The van der Waals surface area contributed by atoms with Gasteiger partial charge in [0.2, 0.25) is 5.43 Å². The Hall–Kier alpha value is -2.12. The number of aromatic nitrogens is 1. The molecule has 0 bridgehead atoms. The molecule has 112 valence electrons. The molecule has 6 nitrogen and oxygen atoms in total. The first-order valence-corrected chi connectivity index (χ1v) is 7.79. The lowest BCUT2D eigenvalue weighted by Crippen LogP contribution is -2.21. The van der Waals surface area contributed by atoms with Gasteiger partial charge in [0.25, 0.3) is 10.0 Å². The fraction of sp³-hybridized carbons (Fsp3) is 0.214. The Morgan fingerprint density at radius 1 is 1.24 bits per heavy atom. The maximum Gasteiger partial charge on any atom is 0.267 e. The Morgan fingerprint density at radius 3 is 2.71 bits per heavy atom. The van der Waals surface area contributed by atoms with E-state index in [2.05, 4.69) is 9.71 Å². The second-order valence-corrected chi connectivity index (χ2v) is 6.03. The van der Waals surface area contributed by atoms with E-state index in [4.69, 9.17) is 4.74 Å². The number of hydrogen-bond donors (Lipinski definition) is 2. The van der Waals surface area contributed by atoms with Crippen molar-refractivity contribution in [2.45, 2.75) is 11.3 Å². The first-order chi connectivity index (χ1) is 10.0. The van der Waals surface area contributed by atoms with Crippen LogP contribution >= 0.6 is 0 Å². The Balaban J connectivity index is 2.34. The van der Waals surface area contributed by atoms with Gasteiger partial charge in [0.05, 0.1) is 12.3 Å². The zero-order valence-electron chi connectivity index (χ0n) is 11.5. The van der Waals surface area contributed by atoms with Crippen LogP contribution < -0.4 is 10.2 Å². The molecule has 1 heterocycles. The summed E-state index contributed by atoms with van der Waals surface area (Å²) in [6.45, 7) is 0.477. The number of anilines is 1. The fourth-order valence-corrected chi connectivity index (χ4v) is 3.02. The second kappa shape index (κ2) is 6.55. The molecule has 21 heavy (non-hydrogen) atoms. The van der Waals surface area contributed by atoms with Crippen molar-refractivity contribution in [1.29, 1.82) is 0 Å². The SMILES string of the molecule is COCCc1ccccc1NS(=O)(=O)c1c[nH]ccc1=O. The molecule has 0 spiro atoms. The number of para-hydroxylation sites is 1. The molecule has 2 N–H and O–H groups in total. The van der Waals surface area contributed by atoms with E-state index in [1.807, 2.05) is 12.1 Å². The van der Waals surface area contributed by atoms with Gasteiger partial charge in [-0.05, 0) is 18.1 Å². The number of pyridine rings is 1. The van der Waals surface area contributed by atoms with Gasteiger partial charge in [-0.15, -0.1) is 0 Å². The maximum atomic E-state index is 12.3. The van der Waals surface area contributed by atoms with Gasteiger partial charge in [0.15, 0.2) is 4.90 Å². The van der Waals surface area contributed by atoms with Crippen LogP contribution in [0.25, 0.3) is 0 Å². The lowest BCUT2D eigenvalue weighted by Gasteiger charge is -2.12. The summed E-state index contributed by atoms with van der Waals surface area (Å²) in [7, 11) is -2.35. The molecule has 0 aliphatic rings. The van der Waals surface area contributed by atoms with Crippen LogP contribution in [-0.4, -0.2) is 27.1 Å². The van der Waals surface area contributed by atoms with Crippen LogP contribution in [0.4, 0.5) is 5.69 Å². The lowest BCUT2D eigenvalue weighted by atomic mass is 10.1. The first-order valence-electron chi connectivity index (χ1n) is 6.31. The molecule has 1 aromatic carbocycles. The van der Waals surface area contributed by atoms with Gasteiger partial charge in [0, 0.05) is 25.6 Å². The normalized spacial score (nSPS) is 11.3. The average Bonchev–Trinajstić information content (AvgIpc) is 2.46. The number of sulfonamides is 1. The number of H-pyrrole nitrogens is 1. The molecule has 0 saturated heterocycles. The van der Waals surface area contributed by atoms with Crippen molar-refractivity contribution in [3.63, 3.8) is 0 Å². The van der Waals surface area contributed by atoms with E-state index in [1.165, 1.54) is 18.5 Å². The number of rotatable bonds is 6. The summed E-state index contributed by atoms with van der Waals surface area (Å²) in [6.07, 6.45) is 3.12. The molecular formula is C14H16N2O4S. The molecule has 0 fully saturated rings. The van der Waals surface area contributed by atoms with Crippen LogP contribution in [0.5, 0.6) is 0 Å². The molecule has 0 amide bonds. The summed E-state index contributed by atoms with van der Waals surface area (Å²) in [6, 6.07) is 8.18. The molecule has 0 unspecified atom stereocenters. The fourth-order valence-electron chi connectivity index (χ4n) is 1.86. The summed E-state index contributed by atoms with van der Waals surface area (Å²) in [5.41, 5.74) is 0.684. The van der Waals surface area contributed by atoms with Crippen LogP contribution in [0.15, 0.2) is 52.4 Å². The topological polar surface area (TPSA) is 88.3 Å². The molecule has 0 aliphatic heterocycles. The van der Waals surface area contributed by atoms with E-state index in [9.17, 15) is 13.2 Å². The largest absolute Gasteiger partial charge is 0.384 e. The van der Waals surface area contributed by atoms with Crippen LogP contribution in [0.3, 0.4) is 0 Å². The van der Waals surface area contributed by atoms with E-state index in [0.717, 1.165) is 5.56 Å². The van der Waals surface area contributed by atoms with E-state index in [1.54, 1.807) is 19.2 Å². The third-order valence-corrected chi connectivity index (χ3v) is 4.30. The Bertz CT molecular complexity index is 768. The number of ether oxygens (including phenoxy) is 1. The molecule has 0 radical (unpaired) electrons. The van der Waals surface area contributed by atoms with E-state index in [0.29, 0.717) is 18.7 Å². The van der Waals surface area contributed by atoms with Gasteiger partial charge in [0.1, 0.15) is 0 Å². The number of hydrogen-bond acceptors (Lipinski definition) is 4. The number of benzene rings is 1. The molecule has 2 aromatic rings. The van der Waals surface area contributed by atoms with Crippen molar-refractivity contribution in [3.05, 3.63) is 58.5 Å². The molecule has 2 rings (SSSR count). The van der Waals surface area contributed by atoms with E-state index < -0.39 is 15.5 Å². The van der Waals surface area contributed by atoms with Crippen molar-refractivity contribution >= 4 is 15.7 Å². The standard InChI is InChI=1S/C14H16N2O4S/c1-20-9-7-11-4-2-3-5-12(11)16-21(18,19)14-10-15-8-6-13(14)17/h2-6,8,10,16H,7,9H2,1H3,(H,15,17). The molecule has 7 heteroatoms. The minimum Gasteiger partial charge on any atom is -0.384 e. The zero-order valence-corrected chi connectivity index (χ0v) is 12.3. The number of aromatic amines is 1. The Morgan fingerprint density at radius 2 is 2.00 bits per heavy atom. The van der Waals surface area contributed by atoms with Crippen molar-refractivity contribution in [2.24, 2.45) is 0 Å². The maximum absolute atomic E-state index is 12.3. The van der Waals surface area contributed by atoms with Gasteiger partial charge < -0.3 is 9.72 Å². The highest BCUT2D eigenvalue weighted by molar-refractivity contribution is 7.92. The van der Waals surface area contributed by atoms with Crippen molar-refractivity contribution in [2.75, 3.05) is 18.4 Å². The first kappa shape index (κ1) is 15.3. The minimum atomic E-state index is -3.93. The summed E-state index contributed by atoms with van der Waals surface area (Å²) >= 11 is 0. The molecule has 0 atom stereocenters. The lowest BCUT2D eigenvalue weighted by molar-refractivity contribution is 0.202. The highest BCUT2D eigenvalue weighted by Crippen LogP contribution is 2.19. The van der Waals surface area contributed by atoms with Crippen molar-refractivity contribution < 1.29 is 13.2 Å². The highest BCUT2D eigenvalue weighted by atomic mass is 32.2. The monoisotopic (exact) mass is 308 g/mol. The van der Waals surface area contributed by atoms with Gasteiger partial charge in [-0.1, -0.05) is 18.2 Å². The summed E-state index contributed by atoms with van der Waals surface area (Å²) in [4.78, 5) is 13.9. The second-order valence-electron chi connectivity index (χ2n) is 4.38. The predicted octanol–water partition coefficient (Wildman–Crippen LogP) is 1.36. The molecule has 0 aliphatic carbocycles. The molecule has 1 aromatic heterocycles. The Labute approximate surface area is 122 Å². The van der Waals surface area contributed by atoms with Crippen LogP contribution in [0.1, 0.15) is 5.56 Å². The predicted molar refractivity (Wildman–Crippen MR) is 79.9 cm³/mol. The third kappa shape index (κ3) is 3.71. The third-order valence-electron chi connectivity index (χ3n) is 2.91. The van der Waals surface area contributed by atoms with Crippen LogP contribution in [0, 0.1) is 0 Å². The van der Waals surface area contributed by atoms with Crippen molar-refractivity contribution in [1.82, 2.24) is 4.98 Å². The van der Waals surface area contributed by atoms with Crippen LogP contribution in [-0.2, 0) is 21.2 Å². The zero-order chi connectivity index (χ0) is 15.3. The number of methoxy groups -OCH3 is 1. The molecule has 0 saturated carbocycles. The smallest absolute Gasteiger partial charge is 0.267 e. The van der Waals surface area contributed by atoms with Crippen LogP contribution in [0.2, 0.25) is 0 Å². The quantitative estimate of drug-likeness (QED) is 0.843. The highest BCUT2D eigenvalue weighted by Gasteiger charge is 2.18. The molecular weight excluding hydrogens is 292 g/mol. The number of nitrogens with one attached hydrogen (secondary N) is 2.